The Labute approximate surface area is 297 Å². The zero-order chi connectivity index (χ0) is 29.2. The third-order valence-electron chi connectivity index (χ3n) is 5.18. The summed E-state index contributed by atoms with van der Waals surface area (Å²) in [4.78, 5) is 0. The van der Waals surface area contributed by atoms with Gasteiger partial charge in [0.2, 0.25) is 0 Å². The molecular weight excluding hydrogens is 638 g/mol. The normalized spacial score (nSPS) is 10.0. The minimum Gasteiger partial charge on any atom is -0.491 e. The predicted octanol–water partition coefficient (Wildman–Crippen LogP) is 10.1. The maximum absolute atomic E-state index is 5.62. The van der Waals surface area contributed by atoms with Crippen LogP contribution >= 0.6 is 0 Å². The van der Waals surface area contributed by atoms with Crippen LogP contribution in [0.3, 0.4) is 0 Å². The van der Waals surface area contributed by atoms with Crippen molar-refractivity contribution in [2.75, 3.05) is 39.6 Å². The molecule has 4 nitrogen and oxygen atoms in total. The standard InChI is InChI=1S/C18H29O2.C8H17O2.C8H8.4CH3.2Ni/c1-7-19-12-13-20-16-10-8-15(9-11-16)18(5,6)14-17(2,3)4;1-5-9-6-7-10-8(2,3)4;1-7-3-5-8(2)6-4-7;;;;;;/h8-11H,1,7,12-14H2,2-6H3;1,5-7H2,2-4H3;3-6H,1-2H2;4*1H3;;/q2*-1;-2;4*-1;;. The fraction of sp³-hybridized carbons (Fsp3) is 0.474. The molecule has 6 heteroatoms. The van der Waals surface area contributed by atoms with Gasteiger partial charge in [0, 0.05) is 33.0 Å². The smallest absolute Gasteiger partial charge is 0.119 e. The maximum atomic E-state index is 5.62. The topological polar surface area (TPSA) is 36.9 Å². The fourth-order valence-electron chi connectivity index (χ4n) is 3.80. The van der Waals surface area contributed by atoms with Crippen molar-refractivity contribution in [2.24, 2.45) is 5.41 Å². The number of benzene rings is 2. The summed E-state index contributed by atoms with van der Waals surface area (Å²) in [6.07, 6.45) is 1.15. The fourth-order valence-corrected chi connectivity index (χ4v) is 3.80. The molecule has 44 heavy (non-hydrogen) atoms. The average molecular weight is 704 g/mol. The van der Waals surface area contributed by atoms with E-state index in [4.69, 9.17) is 18.9 Å². The summed E-state index contributed by atoms with van der Waals surface area (Å²) < 4.78 is 21.1. The molecule has 2 aromatic carbocycles. The van der Waals surface area contributed by atoms with Crippen LogP contribution in [0.5, 0.6) is 5.75 Å². The van der Waals surface area contributed by atoms with Gasteiger partial charge in [-0.05, 0) is 55.7 Å². The Kier molecular flexibility index (Phi) is 40.5. The van der Waals surface area contributed by atoms with Crippen LogP contribution in [-0.2, 0) is 52.6 Å². The van der Waals surface area contributed by atoms with E-state index in [0.29, 0.717) is 45.1 Å². The molecule has 0 radical (unpaired) electrons. The minimum atomic E-state index is -0.0511. The minimum absolute atomic E-state index is 0. The van der Waals surface area contributed by atoms with Gasteiger partial charge in [0.15, 0.2) is 0 Å². The zero-order valence-corrected chi connectivity index (χ0v) is 32.1. The molecule has 0 bridgehead atoms. The van der Waals surface area contributed by atoms with Gasteiger partial charge in [-0.25, -0.2) is 49.2 Å². The first-order valence-corrected chi connectivity index (χ1v) is 13.4. The van der Waals surface area contributed by atoms with E-state index in [0.717, 1.165) is 23.3 Å². The molecule has 2 aromatic rings. The number of rotatable bonds is 11. The molecule has 0 atom stereocenters. The van der Waals surface area contributed by atoms with E-state index < -0.39 is 0 Å². The molecule has 0 saturated carbocycles. The van der Waals surface area contributed by atoms with Crippen molar-refractivity contribution in [3.05, 3.63) is 123 Å². The van der Waals surface area contributed by atoms with Gasteiger partial charge < -0.3 is 62.5 Å². The average Bonchev–Trinajstić information content (AvgIpc) is 2.81. The largest absolute Gasteiger partial charge is 0.491 e. The quantitative estimate of drug-likeness (QED) is 0.133. The predicted molar refractivity (Wildman–Crippen MR) is 188 cm³/mol. The van der Waals surface area contributed by atoms with E-state index in [2.05, 4.69) is 74.4 Å². The monoisotopic (exact) mass is 702 g/mol. The van der Waals surface area contributed by atoms with Crippen molar-refractivity contribution in [3.8, 4) is 5.75 Å². The maximum Gasteiger partial charge on any atom is 0.119 e. The van der Waals surface area contributed by atoms with Gasteiger partial charge >= 0.3 is 0 Å². The summed E-state index contributed by atoms with van der Waals surface area (Å²) in [5.41, 5.74) is 3.88. The summed E-state index contributed by atoms with van der Waals surface area (Å²) in [6.45, 7) is 35.6. The van der Waals surface area contributed by atoms with Crippen LogP contribution < -0.4 is 4.74 Å². The van der Waals surface area contributed by atoms with Crippen molar-refractivity contribution >= 4 is 0 Å². The molecule has 270 valence electrons. The van der Waals surface area contributed by atoms with Gasteiger partial charge in [0.1, 0.15) is 12.4 Å². The van der Waals surface area contributed by atoms with Crippen molar-refractivity contribution in [2.45, 2.75) is 72.8 Å². The van der Waals surface area contributed by atoms with Crippen LogP contribution in [0.2, 0.25) is 0 Å². The second-order valence-electron chi connectivity index (χ2n) is 12.0. The zero-order valence-electron chi connectivity index (χ0n) is 30.2. The van der Waals surface area contributed by atoms with E-state index in [1.54, 1.807) is 0 Å². The molecule has 0 amide bonds. The van der Waals surface area contributed by atoms with E-state index >= 15 is 0 Å². The van der Waals surface area contributed by atoms with Gasteiger partial charge in [-0.1, -0.05) is 60.0 Å². The van der Waals surface area contributed by atoms with Gasteiger partial charge in [0.05, 0.1) is 25.4 Å². The van der Waals surface area contributed by atoms with E-state index in [1.807, 2.05) is 57.2 Å². The van der Waals surface area contributed by atoms with Crippen molar-refractivity contribution < 1.29 is 51.9 Å². The molecule has 0 aliphatic heterocycles. The first-order chi connectivity index (χ1) is 17.6. The molecule has 0 aromatic heterocycles. The Morgan fingerprint density at radius 2 is 0.955 bits per heavy atom. The molecule has 0 N–H and O–H groups in total. The second-order valence-corrected chi connectivity index (χ2v) is 12.0. The SMILES string of the molecule is [CH2-]COCCOC(C)(C)C.[CH2-]COCCOc1ccc(C(C)(C)CC(C)(C)C)cc1.[CH2-]c1ccc([CH2-])cc1.[CH3-].[CH3-].[CH3-].[CH3-].[Ni].[Ni]. The van der Waals surface area contributed by atoms with Crippen LogP contribution in [0, 0.1) is 62.8 Å². The van der Waals surface area contributed by atoms with Gasteiger partial charge in [-0.2, -0.15) is 0 Å². The first kappa shape index (κ1) is 58.4. The molecule has 0 heterocycles. The second kappa shape index (κ2) is 30.5. The molecule has 2 rings (SSSR count). The molecule has 0 spiro atoms. The van der Waals surface area contributed by atoms with Crippen LogP contribution in [-0.4, -0.2) is 45.2 Å². The Morgan fingerprint density at radius 3 is 1.30 bits per heavy atom. The van der Waals surface area contributed by atoms with Crippen LogP contribution in [0.4, 0.5) is 0 Å². The Balaban J connectivity index is -0.0000000977. The van der Waals surface area contributed by atoms with E-state index in [9.17, 15) is 0 Å². The summed E-state index contributed by atoms with van der Waals surface area (Å²) in [6, 6.07) is 16.2. The molecule has 0 saturated heterocycles. The van der Waals surface area contributed by atoms with Crippen LogP contribution in [0.15, 0.2) is 48.5 Å². The molecule has 0 aliphatic carbocycles. The van der Waals surface area contributed by atoms with Crippen LogP contribution in [0.25, 0.3) is 0 Å². The number of ether oxygens (including phenoxy) is 4. The molecular formula is C38H66Ni2O4-8. The van der Waals surface area contributed by atoms with Gasteiger partial charge in [-0.3, -0.25) is 0 Å². The van der Waals surface area contributed by atoms with Gasteiger partial charge in [0.25, 0.3) is 0 Å². The summed E-state index contributed by atoms with van der Waals surface area (Å²) in [7, 11) is 0. The Hall–Kier alpha value is -1.15. The van der Waals surface area contributed by atoms with Gasteiger partial charge in [-0.15, -0.1) is 0 Å². The molecule has 0 unspecified atom stereocenters. The van der Waals surface area contributed by atoms with Crippen molar-refractivity contribution in [3.63, 3.8) is 0 Å². The third-order valence-corrected chi connectivity index (χ3v) is 5.18. The number of hydrogen-bond acceptors (Lipinski definition) is 4. The molecule has 0 fully saturated rings. The molecule has 0 aliphatic rings. The summed E-state index contributed by atoms with van der Waals surface area (Å²) >= 11 is 0. The van der Waals surface area contributed by atoms with Crippen molar-refractivity contribution in [1.29, 1.82) is 0 Å². The summed E-state index contributed by atoms with van der Waals surface area (Å²) in [5.74, 6) is 0.896. The van der Waals surface area contributed by atoms with E-state index in [1.165, 1.54) is 5.56 Å². The Bertz CT molecular complexity index is 816. The van der Waals surface area contributed by atoms with Crippen molar-refractivity contribution in [1.82, 2.24) is 0 Å². The Morgan fingerprint density at radius 1 is 0.568 bits per heavy atom. The third kappa shape index (κ3) is 33.7. The number of hydrogen-bond donors (Lipinski definition) is 0. The summed E-state index contributed by atoms with van der Waals surface area (Å²) in [5, 5.41) is 0. The van der Waals surface area contributed by atoms with E-state index in [-0.39, 0.29) is 73.7 Å². The van der Waals surface area contributed by atoms with Crippen LogP contribution in [0.1, 0.15) is 78.5 Å². The first-order valence-electron chi connectivity index (χ1n) is 13.4.